The summed E-state index contributed by atoms with van der Waals surface area (Å²) in [6.45, 7) is 0.219. The average molecular weight is 425 g/mol. The van der Waals surface area contributed by atoms with E-state index in [0.29, 0.717) is 49.1 Å². The van der Waals surface area contributed by atoms with E-state index < -0.39 is 6.61 Å². The highest BCUT2D eigenvalue weighted by Crippen LogP contribution is 2.25. The van der Waals surface area contributed by atoms with E-state index in [4.69, 9.17) is 4.74 Å². The predicted octanol–water partition coefficient (Wildman–Crippen LogP) is 3.90. The fourth-order valence-corrected chi connectivity index (χ4v) is 3.72. The van der Waals surface area contributed by atoms with Gasteiger partial charge >= 0.3 is 12.6 Å². The summed E-state index contributed by atoms with van der Waals surface area (Å²) in [7, 11) is 0. The molecule has 0 radical (unpaired) electrons. The van der Waals surface area contributed by atoms with E-state index in [1.807, 2.05) is 0 Å². The van der Waals surface area contributed by atoms with Crippen LogP contribution in [0.1, 0.15) is 30.3 Å². The number of amides is 1. The van der Waals surface area contributed by atoms with Crippen LogP contribution in [-0.2, 0) is 9.53 Å². The molecule has 1 N–H and O–H groups in total. The van der Waals surface area contributed by atoms with Gasteiger partial charge in [-0.25, -0.2) is 4.98 Å². The minimum Gasteiger partial charge on any atom is -0.466 e. The Morgan fingerprint density at radius 1 is 1.28 bits per heavy atom. The summed E-state index contributed by atoms with van der Waals surface area (Å²) in [5, 5.41) is 5.21. The molecule has 1 amide bonds. The van der Waals surface area contributed by atoms with Gasteiger partial charge in [-0.3, -0.25) is 9.59 Å². The number of esters is 1. The maximum atomic E-state index is 12.7. The molecule has 1 saturated heterocycles. The smallest absolute Gasteiger partial charge is 0.387 e. The number of nitrogens with one attached hydrogen (secondary N) is 1. The molecule has 2 aromatic rings. The first-order valence-corrected chi connectivity index (χ1v) is 10.1. The van der Waals surface area contributed by atoms with Gasteiger partial charge in [0, 0.05) is 24.2 Å². The molecule has 1 aromatic heterocycles. The Labute approximate surface area is 170 Å². The van der Waals surface area contributed by atoms with Crippen LogP contribution in [0.3, 0.4) is 0 Å². The molecule has 0 spiro atoms. The van der Waals surface area contributed by atoms with Gasteiger partial charge in [-0.05, 0) is 44.0 Å². The third-order valence-electron chi connectivity index (χ3n) is 4.46. The fraction of sp³-hybridized carbons (Fsp3) is 0.421. The number of alkyl halides is 2. The second-order valence-corrected chi connectivity index (χ2v) is 7.24. The van der Waals surface area contributed by atoms with Gasteiger partial charge < -0.3 is 19.7 Å². The molecule has 1 aliphatic rings. The Morgan fingerprint density at radius 2 is 1.97 bits per heavy atom. The van der Waals surface area contributed by atoms with Crippen molar-refractivity contribution in [2.45, 2.75) is 26.4 Å². The first kappa shape index (κ1) is 21.0. The third-order valence-corrected chi connectivity index (χ3v) is 5.21. The fourth-order valence-electron chi connectivity index (χ4n) is 3.01. The van der Waals surface area contributed by atoms with Crippen molar-refractivity contribution < 1.29 is 27.8 Å². The van der Waals surface area contributed by atoms with E-state index in [1.54, 1.807) is 29.3 Å². The van der Waals surface area contributed by atoms with Gasteiger partial charge in [0.15, 0.2) is 5.13 Å². The molecular weight excluding hydrogens is 404 g/mol. The van der Waals surface area contributed by atoms with E-state index in [0.717, 1.165) is 0 Å². The number of carbonyl (C=O) groups is 2. The zero-order valence-corrected chi connectivity index (χ0v) is 16.6. The van der Waals surface area contributed by atoms with Crippen molar-refractivity contribution in [2.24, 2.45) is 5.92 Å². The first-order valence-electron chi connectivity index (χ1n) is 9.19. The molecular formula is C19H21F2N3O4S. The normalized spacial score (nSPS) is 14.7. The number of benzene rings is 1. The van der Waals surface area contributed by atoms with Crippen molar-refractivity contribution in [3.05, 3.63) is 35.3 Å². The van der Waals surface area contributed by atoms with Crippen LogP contribution in [0, 0.1) is 5.92 Å². The van der Waals surface area contributed by atoms with Crippen molar-refractivity contribution in [3.8, 4) is 5.75 Å². The van der Waals surface area contributed by atoms with Gasteiger partial charge in [0.25, 0.3) is 5.91 Å². The average Bonchev–Trinajstić information content (AvgIpc) is 3.17. The van der Waals surface area contributed by atoms with E-state index in [2.05, 4.69) is 15.0 Å². The van der Waals surface area contributed by atoms with Crippen molar-refractivity contribution in [2.75, 3.05) is 25.0 Å². The molecule has 1 aromatic carbocycles. The topological polar surface area (TPSA) is 80.8 Å². The molecule has 10 heteroatoms. The Bertz CT molecular complexity index is 836. The monoisotopic (exact) mass is 425 g/mol. The molecule has 0 bridgehead atoms. The standard InChI is InChI=1S/C19H21F2N3O4S/c1-2-27-17(26)12-7-9-24(10-8-12)16(25)15-11-29-19(23-15)22-13-3-5-14(6-4-13)28-18(20)21/h3-6,11-12,18H,2,7-10H2,1H3,(H,22,23). The molecule has 1 aliphatic heterocycles. The number of ether oxygens (including phenoxy) is 2. The van der Waals surface area contributed by atoms with E-state index in [1.165, 1.54) is 23.5 Å². The van der Waals surface area contributed by atoms with Crippen LogP contribution in [0.4, 0.5) is 19.6 Å². The molecule has 0 saturated carbocycles. The number of rotatable bonds is 7. The molecule has 29 heavy (non-hydrogen) atoms. The largest absolute Gasteiger partial charge is 0.466 e. The van der Waals surface area contributed by atoms with Crippen molar-refractivity contribution in [1.29, 1.82) is 0 Å². The molecule has 0 aliphatic carbocycles. The summed E-state index contributed by atoms with van der Waals surface area (Å²) in [6, 6.07) is 6.01. The van der Waals surface area contributed by atoms with Gasteiger partial charge in [0.05, 0.1) is 12.5 Å². The summed E-state index contributed by atoms with van der Waals surface area (Å²) in [4.78, 5) is 30.5. The SMILES string of the molecule is CCOC(=O)C1CCN(C(=O)c2csc(Nc3ccc(OC(F)F)cc3)n2)CC1. The van der Waals surface area contributed by atoms with Gasteiger partial charge in [0.1, 0.15) is 11.4 Å². The molecule has 0 unspecified atom stereocenters. The van der Waals surface area contributed by atoms with Crippen LogP contribution in [0.5, 0.6) is 5.75 Å². The number of thiazole rings is 1. The van der Waals surface area contributed by atoms with E-state index in [-0.39, 0.29) is 23.5 Å². The lowest BCUT2D eigenvalue weighted by molar-refractivity contribution is -0.149. The molecule has 2 heterocycles. The summed E-state index contributed by atoms with van der Waals surface area (Å²) in [5.74, 6) is -0.488. The number of hydrogen-bond acceptors (Lipinski definition) is 7. The summed E-state index contributed by atoms with van der Waals surface area (Å²) < 4.78 is 33.7. The maximum Gasteiger partial charge on any atom is 0.387 e. The lowest BCUT2D eigenvalue weighted by Gasteiger charge is -2.30. The number of likely N-dealkylation sites (tertiary alicyclic amines) is 1. The van der Waals surface area contributed by atoms with Gasteiger partial charge in [-0.15, -0.1) is 11.3 Å². The lowest BCUT2D eigenvalue weighted by atomic mass is 9.97. The number of anilines is 2. The molecule has 7 nitrogen and oxygen atoms in total. The van der Waals surface area contributed by atoms with Crippen LogP contribution in [0.2, 0.25) is 0 Å². The van der Waals surface area contributed by atoms with Gasteiger partial charge in [0.2, 0.25) is 0 Å². The van der Waals surface area contributed by atoms with Crippen LogP contribution in [-0.4, -0.2) is 48.1 Å². The number of aromatic nitrogens is 1. The molecule has 156 valence electrons. The number of carbonyl (C=O) groups excluding carboxylic acids is 2. The number of hydrogen-bond donors (Lipinski definition) is 1. The van der Waals surface area contributed by atoms with Crippen LogP contribution < -0.4 is 10.1 Å². The number of halogens is 2. The Balaban J connectivity index is 1.54. The Hall–Kier alpha value is -2.75. The second-order valence-electron chi connectivity index (χ2n) is 6.38. The summed E-state index contributed by atoms with van der Waals surface area (Å²) in [5.41, 5.74) is 0.958. The molecule has 0 atom stereocenters. The summed E-state index contributed by atoms with van der Waals surface area (Å²) in [6.07, 6.45) is 1.15. The highest BCUT2D eigenvalue weighted by atomic mass is 32.1. The van der Waals surface area contributed by atoms with Crippen molar-refractivity contribution in [1.82, 2.24) is 9.88 Å². The Morgan fingerprint density at radius 3 is 2.59 bits per heavy atom. The number of piperidine rings is 1. The minimum absolute atomic E-state index is 0.0618. The van der Waals surface area contributed by atoms with Gasteiger partial charge in [-0.1, -0.05) is 0 Å². The first-order chi connectivity index (χ1) is 14.0. The highest BCUT2D eigenvalue weighted by Gasteiger charge is 2.29. The second kappa shape index (κ2) is 9.64. The minimum atomic E-state index is -2.87. The van der Waals surface area contributed by atoms with E-state index in [9.17, 15) is 18.4 Å². The van der Waals surface area contributed by atoms with Crippen LogP contribution in [0.15, 0.2) is 29.6 Å². The number of nitrogens with zero attached hydrogens (tertiary/aromatic N) is 2. The van der Waals surface area contributed by atoms with Crippen LogP contribution >= 0.6 is 11.3 Å². The maximum absolute atomic E-state index is 12.7. The zero-order valence-electron chi connectivity index (χ0n) is 15.8. The predicted molar refractivity (Wildman–Crippen MR) is 104 cm³/mol. The lowest BCUT2D eigenvalue weighted by Crippen LogP contribution is -2.40. The molecule has 1 fully saturated rings. The van der Waals surface area contributed by atoms with Crippen LogP contribution in [0.25, 0.3) is 0 Å². The summed E-state index contributed by atoms with van der Waals surface area (Å²) >= 11 is 1.27. The van der Waals surface area contributed by atoms with Crippen molar-refractivity contribution >= 4 is 34.0 Å². The quantitative estimate of drug-likeness (QED) is 0.678. The van der Waals surface area contributed by atoms with Crippen molar-refractivity contribution in [3.63, 3.8) is 0 Å². The third kappa shape index (κ3) is 5.63. The Kier molecular flexibility index (Phi) is 6.97. The van der Waals surface area contributed by atoms with Gasteiger partial charge in [-0.2, -0.15) is 8.78 Å². The van der Waals surface area contributed by atoms with E-state index >= 15 is 0 Å². The molecule has 3 rings (SSSR count). The zero-order chi connectivity index (χ0) is 20.8. The highest BCUT2D eigenvalue weighted by molar-refractivity contribution is 7.14.